The van der Waals surface area contributed by atoms with Crippen molar-refractivity contribution in [3.63, 3.8) is 0 Å². The standard InChI is InChI=1S/C15H28N4O2/c1-5-9-16-14(17-11-13(20)19(2)3)18-12-15(6-7-15)8-10-21-4/h5H,1,6-12H2,2-4H3,(H2,16,17,18). The van der Waals surface area contributed by atoms with Crippen LogP contribution in [0.1, 0.15) is 19.3 Å². The van der Waals surface area contributed by atoms with Crippen molar-refractivity contribution in [1.29, 1.82) is 0 Å². The number of carbonyl (C=O) groups excluding carboxylic acids is 1. The van der Waals surface area contributed by atoms with Crippen molar-refractivity contribution in [1.82, 2.24) is 15.5 Å². The van der Waals surface area contributed by atoms with Crippen LogP contribution >= 0.6 is 0 Å². The summed E-state index contributed by atoms with van der Waals surface area (Å²) in [6.07, 6.45) is 5.26. The molecular formula is C15H28N4O2. The number of amides is 1. The van der Waals surface area contributed by atoms with Crippen molar-refractivity contribution in [3.8, 4) is 0 Å². The van der Waals surface area contributed by atoms with Gasteiger partial charge in [-0.2, -0.15) is 0 Å². The van der Waals surface area contributed by atoms with Crippen LogP contribution in [-0.2, 0) is 9.53 Å². The molecular weight excluding hydrogens is 268 g/mol. The van der Waals surface area contributed by atoms with Gasteiger partial charge in [-0.05, 0) is 24.7 Å². The molecule has 1 aliphatic rings. The Morgan fingerprint density at radius 2 is 2.14 bits per heavy atom. The molecule has 0 aromatic rings. The average molecular weight is 296 g/mol. The van der Waals surface area contributed by atoms with E-state index in [0.717, 1.165) is 19.6 Å². The van der Waals surface area contributed by atoms with E-state index in [4.69, 9.17) is 4.74 Å². The van der Waals surface area contributed by atoms with Crippen LogP contribution in [-0.4, -0.2) is 64.2 Å². The first-order valence-electron chi connectivity index (χ1n) is 7.35. The van der Waals surface area contributed by atoms with Crippen molar-refractivity contribution in [2.75, 3.05) is 47.4 Å². The van der Waals surface area contributed by atoms with Gasteiger partial charge in [0.15, 0.2) is 5.96 Å². The van der Waals surface area contributed by atoms with Gasteiger partial charge in [0.2, 0.25) is 5.91 Å². The zero-order valence-electron chi connectivity index (χ0n) is 13.4. The quantitative estimate of drug-likeness (QED) is 0.372. The fraction of sp³-hybridized carbons (Fsp3) is 0.733. The molecule has 1 rings (SSSR count). The second-order valence-electron chi connectivity index (χ2n) is 5.72. The lowest BCUT2D eigenvalue weighted by atomic mass is 10.0. The predicted molar refractivity (Wildman–Crippen MR) is 85.4 cm³/mol. The van der Waals surface area contributed by atoms with Gasteiger partial charge in [-0.15, -0.1) is 6.58 Å². The van der Waals surface area contributed by atoms with Crippen molar-refractivity contribution >= 4 is 11.9 Å². The molecule has 1 fully saturated rings. The maximum absolute atomic E-state index is 11.6. The number of nitrogens with one attached hydrogen (secondary N) is 2. The summed E-state index contributed by atoms with van der Waals surface area (Å²) in [4.78, 5) is 17.5. The molecule has 21 heavy (non-hydrogen) atoms. The molecule has 1 amide bonds. The number of aliphatic imine (C=N–C) groups is 1. The number of likely N-dealkylation sites (N-methyl/N-ethyl adjacent to an activating group) is 1. The second kappa shape index (κ2) is 8.67. The van der Waals surface area contributed by atoms with Crippen LogP contribution in [0.4, 0.5) is 0 Å². The monoisotopic (exact) mass is 296 g/mol. The van der Waals surface area contributed by atoms with Crippen LogP contribution in [0, 0.1) is 5.41 Å². The first-order chi connectivity index (χ1) is 10.0. The number of methoxy groups -OCH3 is 1. The van der Waals surface area contributed by atoms with E-state index in [1.165, 1.54) is 17.7 Å². The number of rotatable bonds is 9. The Morgan fingerprint density at radius 3 is 2.67 bits per heavy atom. The van der Waals surface area contributed by atoms with Crippen LogP contribution < -0.4 is 10.6 Å². The number of guanidine groups is 1. The molecule has 0 unspecified atom stereocenters. The summed E-state index contributed by atoms with van der Waals surface area (Å²) in [6, 6.07) is 0. The summed E-state index contributed by atoms with van der Waals surface area (Å²) in [5.41, 5.74) is 0.332. The molecule has 120 valence electrons. The molecule has 0 radical (unpaired) electrons. The Balaban J connectivity index is 2.47. The summed E-state index contributed by atoms with van der Waals surface area (Å²) in [5, 5.41) is 6.46. The van der Waals surface area contributed by atoms with Gasteiger partial charge in [-0.1, -0.05) is 6.08 Å². The van der Waals surface area contributed by atoms with E-state index in [-0.39, 0.29) is 12.5 Å². The van der Waals surface area contributed by atoms with Crippen molar-refractivity contribution in [3.05, 3.63) is 12.7 Å². The van der Waals surface area contributed by atoms with Crippen LogP contribution in [0.2, 0.25) is 0 Å². The Labute approximate surface area is 127 Å². The highest BCUT2D eigenvalue weighted by atomic mass is 16.5. The van der Waals surface area contributed by atoms with E-state index in [1.807, 2.05) is 0 Å². The van der Waals surface area contributed by atoms with Crippen molar-refractivity contribution < 1.29 is 9.53 Å². The molecule has 2 N–H and O–H groups in total. The number of hydrogen-bond acceptors (Lipinski definition) is 3. The highest BCUT2D eigenvalue weighted by molar-refractivity contribution is 5.84. The van der Waals surface area contributed by atoms with E-state index in [9.17, 15) is 4.79 Å². The molecule has 6 nitrogen and oxygen atoms in total. The van der Waals surface area contributed by atoms with Gasteiger partial charge < -0.3 is 20.3 Å². The van der Waals surface area contributed by atoms with Crippen LogP contribution in [0.25, 0.3) is 0 Å². The van der Waals surface area contributed by atoms with Crippen LogP contribution in [0.15, 0.2) is 17.6 Å². The van der Waals surface area contributed by atoms with Gasteiger partial charge in [0.1, 0.15) is 6.54 Å². The lowest BCUT2D eigenvalue weighted by Crippen LogP contribution is -2.41. The van der Waals surface area contributed by atoms with E-state index in [2.05, 4.69) is 22.2 Å². The molecule has 0 heterocycles. The van der Waals surface area contributed by atoms with Crippen molar-refractivity contribution in [2.24, 2.45) is 10.4 Å². The van der Waals surface area contributed by atoms with Gasteiger partial charge >= 0.3 is 0 Å². The number of nitrogens with zero attached hydrogens (tertiary/aromatic N) is 2. The zero-order chi connectivity index (χ0) is 15.7. The van der Waals surface area contributed by atoms with E-state index in [0.29, 0.717) is 17.9 Å². The smallest absolute Gasteiger partial charge is 0.243 e. The maximum Gasteiger partial charge on any atom is 0.243 e. The number of hydrogen-bond donors (Lipinski definition) is 2. The number of carbonyl (C=O) groups is 1. The highest BCUT2D eigenvalue weighted by Crippen LogP contribution is 2.48. The fourth-order valence-electron chi connectivity index (χ4n) is 1.91. The second-order valence-corrected chi connectivity index (χ2v) is 5.72. The maximum atomic E-state index is 11.6. The molecule has 0 aromatic carbocycles. The van der Waals surface area contributed by atoms with E-state index >= 15 is 0 Å². The Morgan fingerprint density at radius 1 is 1.43 bits per heavy atom. The number of ether oxygens (including phenoxy) is 1. The minimum absolute atomic E-state index is 0.0183. The van der Waals surface area contributed by atoms with Crippen LogP contribution in [0.3, 0.4) is 0 Å². The first-order valence-corrected chi connectivity index (χ1v) is 7.35. The predicted octanol–water partition coefficient (Wildman–Crippen LogP) is 0.613. The summed E-state index contributed by atoms with van der Waals surface area (Å²) >= 11 is 0. The summed E-state index contributed by atoms with van der Waals surface area (Å²) in [6.45, 7) is 6.08. The molecule has 0 aliphatic heterocycles. The largest absolute Gasteiger partial charge is 0.385 e. The van der Waals surface area contributed by atoms with Gasteiger partial charge in [0.05, 0.1) is 0 Å². The van der Waals surface area contributed by atoms with Crippen LogP contribution in [0.5, 0.6) is 0 Å². The lowest BCUT2D eigenvalue weighted by molar-refractivity contribution is -0.127. The Hall–Kier alpha value is -1.56. The van der Waals surface area contributed by atoms with Gasteiger partial charge in [-0.25, -0.2) is 4.99 Å². The molecule has 6 heteroatoms. The van der Waals surface area contributed by atoms with Gasteiger partial charge in [0, 0.05) is 40.9 Å². The lowest BCUT2D eigenvalue weighted by Gasteiger charge is -2.18. The normalized spacial score (nSPS) is 16.2. The third kappa shape index (κ3) is 6.62. The fourth-order valence-corrected chi connectivity index (χ4v) is 1.91. The summed E-state index contributed by atoms with van der Waals surface area (Å²) in [5.74, 6) is 0.643. The molecule has 1 aliphatic carbocycles. The minimum Gasteiger partial charge on any atom is -0.385 e. The molecule has 0 saturated heterocycles. The minimum atomic E-state index is -0.0183. The zero-order valence-corrected chi connectivity index (χ0v) is 13.4. The SMILES string of the molecule is C=CCNC(=NCC(=O)N(C)C)NCC1(CCOC)CC1. The Kier molecular flexibility index (Phi) is 7.22. The molecule has 0 spiro atoms. The van der Waals surface area contributed by atoms with Crippen molar-refractivity contribution in [2.45, 2.75) is 19.3 Å². The molecule has 1 saturated carbocycles. The molecule has 0 aromatic heterocycles. The average Bonchev–Trinajstić information content (AvgIpc) is 3.24. The topological polar surface area (TPSA) is 66.0 Å². The molecule has 0 bridgehead atoms. The summed E-state index contributed by atoms with van der Waals surface area (Å²) in [7, 11) is 5.19. The Bertz CT molecular complexity index is 376. The van der Waals surface area contributed by atoms with Gasteiger partial charge in [0.25, 0.3) is 0 Å². The van der Waals surface area contributed by atoms with E-state index < -0.39 is 0 Å². The summed E-state index contributed by atoms with van der Waals surface area (Å²) < 4.78 is 5.16. The highest BCUT2D eigenvalue weighted by Gasteiger charge is 2.41. The van der Waals surface area contributed by atoms with E-state index in [1.54, 1.807) is 27.3 Å². The third-order valence-corrected chi connectivity index (χ3v) is 3.71. The van der Waals surface area contributed by atoms with Gasteiger partial charge in [-0.3, -0.25) is 4.79 Å². The third-order valence-electron chi connectivity index (χ3n) is 3.71. The molecule has 0 atom stereocenters. The first kappa shape index (κ1) is 17.5.